The predicted molar refractivity (Wildman–Crippen MR) is 93.2 cm³/mol. The monoisotopic (exact) mass is 340 g/mol. The van der Waals surface area contributed by atoms with Gasteiger partial charge in [0.05, 0.1) is 11.0 Å². The highest BCUT2D eigenvalue weighted by molar-refractivity contribution is 5.98. The molecule has 1 saturated heterocycles. The van der Waals surface area contributed by atoms with Crippen LogP contribution >= 0.6 is 0 Å². The fourth-order valence-corrected chi connectivity index (χ4v) is 3.39. The van der Waals surface area contributed by atoms with E-state index >= 15 is 0 Å². The topological polar surface area (TPSA) is 83.7 Å². The van der Waals surface area contributed by atoms with Crippen LogP contribution in [0.5, 0.6) is 0 Å². The van der Waals surface area contributed by atoms with Crippen molar-refractivity contribution in [2.45, 2.75) is 31.4 Å². The Kier molecular flexibility index (Phi) is 5.09. The number of likely N-dealkylation sites (tertiary alicyclic amines) is 1. The first-order chi connectivity index (χ1) is 12.1. The van der Waals surface area contributed by atoms with Gasteiger partial charge in [-0.2, -0.15) is 0 Å². The highest BCUT2D eigenvalue weighted by Crippen LogP contribution is 2.30. The summed E-state index contributed by atoms with van der Waals surface area (Å²) in [6, 6.07) is 15.2. The number of hydrogen-bond donors (Lipinski definition) is 1. The molecule has 1 N–H and O–H groups in total. The van der Waals surface area contributed by atoms with E-state index < -0.39 is 11.0 Å². The number of carbonyl (C=O) groups excluding carboxylic acids is 1. The molecule has 2 aromatic carbocycles. The van der Waals surface area contributed by atoms with E-state index in [9.17, 15) is 20.0 Å². The van der Waals surface area contributed by atoms with Gasteiger partial charge in [0.2, 0.25) is 0 Å². The van der Waals surface area contributed by atoms with E-state index in [1.165, 1.54) is 12.1 Å². The van der Waals surface area contributed by atoms with E-state index in [1.54, 1.807) is 17.0 Å². The molecule has 1 aliphatic heterocycles. The van der Waals surface area contributed by atoms with Crippen LogP contribution in [-0.2, 0) is 0 Å². The molecule has 25 heavy (non-hydrogen) atoms. The van der Waals surface area contributed by atoms with E-state index in [-0.39, 0.29) is 23.2 Å². The molecule has 0 spiro atoms. The summed E-state index contributed by atoms with van der Waals surface area (Å²) in [5.74, 6) is -0.338. The van der Waals surface area contributed by atoms with Crippen molar-refractivity contribution in [2.24, 2.45) is 0 Å². The molecule has 3 rings (SSSR count). The normalized spacial score (nSPS) is 18.1. The van der Waals surface area contributed by atoms with E-state index in [2.05, 4.69) is 0 Å². The lowest BCUT2D eigenvalue weighted by atomic mass is 10.00. The van der Waals surface area contributed by atoms with E-state index in [1.807, 2.05) is 30.3 Å². The van der Waals surface area contributed by atoms with Crippen molar-refractivity contribution in [1.29, 1.82) is 0 Å². The zero-order valence-corrected chi connectivity index (χ0v) is 13.7. The Morgan fingerprint density at radius 3 is 2.60 bits per heavy atom. The molecular weight excluding hydrogens is 320 g/mol. The molecule has 6 nitrogen and oxygen atoms in total. The molecule has 0 bridgehead atoms. The third kappa shape index (κ3) is 3.69. The Hall–Kier alpha value is -2.73. The summed E-state index contributed by atoms with van der Waals surface area (Å²) < 4.78 is 0. The highest BCUT2D eigenvalue weighted by atomic mass is 16.6. The van der Waals surface area contributed by atoms with Crippen LogP contribution in [0.25, 0.3) is 0 Å². The Morgan fingerprint density at radius 1 is 1.20 bits per heavy atom. The van der Waals surface area contributed by atoms with Crippen LogP contribution in [0.3, 0.4) is 0 Å². The predicted octanol–water partition coefficient (Wildman–Crippen LogP) is 3.32. The minimum Gasteiger partial charge on any atom is -0.388 e. The Bertz CT molecular complexity index is 763. The maximum atomic E-state index is 12.8. The first-order valence-corrected chi connectivity index (χ1v) is 8.35. The smallest absolute Gasteiger partial charge is 0.282 e. The molecule has 2 atom stereocenters. The molecule has 1 aliphatic rings. The number of benzene rings is 2. The van der Waals surface area contributed by atoms with Gasteiger partial charge in [-0.15, -0.1) is 0 Å². The second kappa shape index (κ2) is 7.44. The summed E-state index contributed by atoms with van der Waals surface area (Å²) in [7, 11) is 0. The molecule has 130 valence electrons. The largest absolute Gasteiger partial charge is 0.388 e. The molecule has 0 aliphatic carbocycles. The summed E-state index contributed by atoms with van der Waals surface area (Å²) in [4.78, 5) is 25.2. The van der Waals surface area contributed by atoms with Crippen LogP contribution in [0.15, 0.2) is 54.6 Å². The number of amides is 1. The maximum absolute atomic E-state index is 12.8. The molecular formula is C19H20N2O4. The maximum Gasteiger partial charge on any atom is 0.282 e. The highest BCUT2D eigenvalue weighted by Gasteiger charge is 2.33. The van der Waals surface area contributed by atoms with E-state index in [0.717, 1.165) is 18.4 Å². The fraction of sp³-hybridized carbons (Fsp3) is 0.316. The molecule has 1 heterocycles. The van der Waals surface area contributed by atoms with Gasteiger partial charge >= 0.3 is 0 Å². The summed E-state index contributed by atoms with van der Waals surface area (Å²) in [6.07, 6.45) is 1.39. The Labute approximate surface area is 145 Å². The number of hydrogen-bond acceptors (Lipinski definition) is 4. The van der Waals surface area contributed by atoms with Gasteiger partial charge in [0, 0.05) is 18.7 Å². The molecule has 0 aromatic heterocycles. The van der Waals surface area contributed by atoms with E-state index in [4.69, 9.17) is 0 Å². The third-order valence-electron chi connectivity index (χ3n) is 4.65. The number of nitrogens with zero attached hydrogens (tertiary/aromatic N) is 2. The lowest BCUT2D eigenvalue weighted by molar-refractivity contribution is -0.385. The SMILES string of the molecule is O=C(c1ccccc1[N+](=O)[O-])N1CCC[C@H]1C[C@@H](O)c1ccccc1. The number of carbonyl (C=O) groups is 1. The van der Waals surface area contributed by atoms with Gasteiger partial charge in [0.15, 0.2) is 0 Å². The van der Waals surface area contributed by atoms with Crippen LogP contribution in [0, 0.1) is 10.1 Å². The van der Waals surface area contributed by atoms with Crippen molar-refractivity contribution in [1.82, 2.24) is 4.90 Å². The van der Waals surface area contributed by atoms with Crippen molar-refractivity contribution >= 4 is 11.6 Å². The van der Waals surface area contributed by atoms with Gasteiger partial charge in [-0.1, -0.05) is 42.5 Å². The summed E-state index contributed by atoms with van der Waals surface area (Å²) in [6.45, 7) is 0.553. The van der Waals surface area contributed by atoms with Gasteiger partial charge in [0.25, 0.3) is 11.6 Å². The number of nitro groups is 1. The van der Waals surface area contributed by atoms with Crippen LogP contribution < -0.4 is 0 Å². The fourth-order valence-electron chi connectivity index (χ4n) is 3.39. The molecule has 0 saturated carbocycles. The number of rotatable bonds is 5. The number of aliphatic hydroxyl groups excluding tert-OH is 1. The molecule has 0 radical (unpaired) electrons. The lowest BCUT2D eigenvalue weighted by Gasteiger charge is -2.26. The molecule has 1 amide bonds. The average molecular weight is 340 g/mol. The Morgan fingerprint density at radius 2 is 1.88 bits per heavy atom. The summed E-state index contributed by atoms with van der Waals surface area (Å²) >= 11 is 0. The zero-order chi connectivity index (χ0) is 17.8. The number of aliphatic hydroxyl groups is 1. The zero-order valence-electron chi connectivity index (χ0n) is 13.7. The number of para-hydroxylation sites is 1. The first-order valence-electron chi connectivity index (χ1n) is 8.35. The quantitative estimate of drug-likeness (QED) is 0.668. The molecule has 0 unspecified atom stereocenters. The van der Waals surface area contributed by atoms with Crippen molar-refractivity contribution in [2.75, 3.05) is 6.54 Å². The number of nitro benzene ring substituents is 1. The van der Waals surface area contributed by atoms with Crippen molar-refractivity contribution in [3.63, 3.8) is 0 Å². The van der Waals surface area contributed by atoms with Gasteiger partial charge in [0.1, 0.15) is 5.56 Å². The van der Waals surface area contributed by atoms with E-state index in [0.29, 0.717) is 13.0 Å². The second-order valence-corrected chi connectivity index (χ2v) is 6.23. The van der Waals surface area contributed by atoms with Crippen LogP contribution in [0.4, 0.5) is 5.69 Å². The molecule has 2 aromatic rings. The molecule has 1 fully saturated rings. The van der Waals surface area contributed by atoms with Gasteiger partial charge in [-0.05, 0) is 30.9 Å². The van der Waals surface area contributed by atoms with Crippen molar-refractivity contribution in [3.8, 4) is 0 Å². The average Bonchev–Trinajstić information content (AvgIpc) is 3.09. The third-order valence-corrected chi connectivity index (χ3v) is 4.65. The summed E-state index contributed by atoms with van der Waals surface area (Å²) in [5.41, 5.74) is 0.739. The van der Waals surface area contributed by atoms with Crippen LogP contribution in [-0.4, -0.2) is 33.4 Å². The lowest BCUT2D eigenvalue weighted by Crippen LogP contribution is -2.36. The van der Waals surface area contributed by atoms with Gasteiger partial charge in [-0.3, -0.25) is 14.9 Å². The summed E-state index contributed by atoms with van der Waals surface area (Å²) in [5, 5.41) is 21.6. The van der Waals surface area contributed by atoms with Crippen LogP contribution in [0.1, 0.15) is 41.3 Å². The minimum absolute atomic E-state index is 0.105. The minimum atomic E-state index is -0.662. The first kappa shape index (κ1) is 17.1. The van der Waals surface area contributed by atoms with Crippen molar-refractivity contribution < 1.29 is 14.8 Å². The Balaban J connectivity index is 1.78. The second-order valence-electron chi connectivity index (χ2n) is 6.23. The van der Waals surface area contributed by atoms with Gasteiger partial charge in [-0.25, -0.2) is 0 Å². The van der Waals surface area contributed by atoms with Gasteiger partial charge < -0.3 is 10.0 Å². The van der Waals surface area contributed by atoms with Crippen molar-refractivity contribution in [3.05, 3.63) is 75.8 Å². The molecule has 6 heteroatoms. The van der Waals surface area contributed by atoms with Crippen LogP contribution in [0.2, 0.25) is 0 Å². The standard InChI is InChI=1S/C19H20N2O4/c22-18(14-7-2-1-3-8-14)13-15-9-6-12-20(15)19(23)16-10-4-5-11-17(16)21(24)25/h1-5,7-8,10-11,15,18,22H,6,9,12-13H2/t15-,18+/m0/s1.